The van der Waals surface area contributed by atoms with Gasteiger partial charge in [0.1, 0.15) is 0 Å². The van der Waals surface area contributed by atoms with Crippen LogP contribution in [0.3, 0.4) is 0 Å². The molecule has 3 heteroatoms. The lowest BCUT2D eigenvalue weighted by molar-refractivity contribution is 0.0828. The molecule has 0 spiro atoms. The van der Waals surface area contributed by atoms with Gasteiger partial charge in [-0.25, -0.2) is 0 Å². The standard InChI is InChI=1S/C14H19NOS/c1-2-8-17-9-7-15-14-11-16-10-12-5-3-4-6-13(12)14/h2-6,14-15H,1,7-11H2. The summed E-state index contributed by atoms with van der Waals surface area (Å²) in [6.45, 7) is 6.26. The molecule has 2 rings (SSSR count). The second-order valence-corrected chi connectivity index (χ2v) is 5.23. The van der Waals surface area contributed by atoms with Gasteiger partial charge in [-0.15, -0.1) is 6.58 Å². The Kier molecular flexibility index (Phi) is 5.10. The molecule has 1 aliphatic rings. The van der Waals surface area contributed by atoms with Crippen molar-refractivity contribution in [3.8, 4) is 0 Å². The SMILES string of the molecule is C=CCSCCNC1COCc2ccccc21. The van der Waals surface area contributed by atoms with Crippen LogP contribution in [0.4, 0.5) is 0 Å². The van der Waals surface area contributed by atoms with E-state index in [-0.39, 0.29) is 0 Å². The minimum Gasteiger partial charge on any atom is -0.375 e. The maximum absolute atomic E-state index is 5.60. The van der Waals surface area contributed by atoms with Gasteiger partial charge in [-0.3, -0.25) is 0 Å². The largest absolute Gasteiger partial charge is 0.375 e. The highest BCUT2D eigenvalue weighted by Crippen LogP contribution is 2.24. The van der Waals surface area contributed by atoms with Gasteiger partial charge < -0.3 is 10.1 Å². The molecule has 0 fully saturated rings. The van der Waals surface area contributed by atoms with Gasteiger partial charge in [0.2, 0.25) is 0 Å². The molecule has 17 heavy (non-hydrogen) atoms. The quantitative estimate of drug-likeness (QED) is 0.619. The maximum Gasteiger partial charge on any atom is 0.0721 e. The molecule has 1 N–H and O–H groups in total. The number of hydrogen-bond acceptors (Lipinski definition) is 3. The van der Waals surface area contributed by atoms with Crippen LogP contribution in [0, 0.1) is 0 Å². The van der Waals surface area contributed by atoms with E-state index in [0.717, 1.165) is 31.3 Å². The molecule has 1 aromatic rings. The molecule has 0 radical (unpaired) electrons. The zero-order chi connectivity index (χ0) is 11.9. The Balaban J connectivity index is 1.84. The van der Waals surface area contributed by atoms with Gasteiger partial charge in [-0.2, -0.15) is 11.8 Å². The normalized spacial score (nSPS) is 18.7. The van der Waals surface area contributed by atoms with Crippen LogP contribution >= 0.6 is 11.8 Å². The molecule has 0 aromatic heterocycles. The summed E-state index contributed by atoms with van der Waals surface area (Å²) in [6.07, 6.45) is 1.95. The summed E-state index contributed by atoms with van der Waals surface area (Å²) in [5.74, 6) is 2.14. The van der Waals surface area contributed by atoms with Gasteiger partial charge in [-0.05, 0) is 11.1 Å². The third kappa shape index (κ3) is 3.60. The summed E-state index contributed by atoms with van der Waals surface area (Å²) in [5, 5.41) is 3.56. The van der Waals surface area contributed by atoms with Crippen molar-refractivity contribution in [1.82, 2.24) is 5.32 Å². The van der Waals surface area contributed by atoms with E-state index in [4.69, 9.17) is 4.74 Å². The molecule has 1 unspecified atom stereocenters. The van der Waals surface area contributed by atoms with Crippen molar-refractivity contribution in [2.24, 2.45) is 0 Å². The monoisotopic (exact) mass is 249 g/mol. The minimum absolute atomic E-state index is 0.351. The van der Waals surface area contributed by atoms with Gasteiger partial charge >= 0.3 is 0 Å². The molecular formula is C14H19NOS. The van der Waals surface area contributed by atoms with E-state index in [9.17, 15) is 0 Å². The maximum atomic E-state index is 5.60. The molecule has 1 aromatic carbocycles. The summed E-state index contributed by atoms with van der Waals surface area (Å²) >= 11 is 1.90. The second-order valence-electron chi connectivity index (χ2n) is 4.08. The van der Waals surface area contributed by atoms with E-state index >= 15 is 0 Å². The van der Waals surface area contributed by atoms with Gasteiger partial charge in [0, 0.05) is 18.1 Å². The Bertz CT molecular complexity index is 367. The van der Waals surface area contributed by atoms with Crippen LogP contribution in [0.15, 0.2) is 36.9 Å². The smallest absolute Gasteiger partial charge is 0.0721 e. The van der Waals surface area contributed by atoms with Crippen LogP contribution in [0.25, 0.3) is 0 Å². The predicted molar refractivity (Wildman–Crippen MR) is 74.4 cm³/mol. The first-order valence-electron chi connectivity index (χ1n) is 5.99. The Hall–Kier alpha value is -0.770. The molecule has 1 aliphatic heterocycles. The average Bonchev–Trinajstić information content (AvgIpc) is 2.39. The van der Waals surface area contributed by atoms with Crippen molar-refractivity contribution in [2.75, 3.05) is 24.7 Å². The van der Waals surface area contributed by atoms with Crippen LogP contribution < -0.4 is 5.32 Å². The summed E-state index contributed by atoms with van der Waals surface area (Å²) in [5.41, 5.74) is 2.71. The topological polar surface area (TPSA) is 21.3 Å². The van der Waals surface area contributed by atoms with Crippen molar-refractivity contribution >= 4 is 11.8 Å². The highest BCUT2D eigenvalue weighted by atomic mass is 32.2. The number of benzene rings is 1. The van der Waals surface area contributed by atoms with E-state index in [1.807, 2.05) is 17.8 Å². The Labute approximate surface area is 107 Å². The van der Waals surface area contributed by atoms with Gasteiger partial charge in [0.05, 0.1) is 19.3 Å². The molecule has 0 bridgehead atoms. The number of nitrogens with one attached hydrogen (secondary N) is 1. The van der Waals surface area contributed by atoms with Gasteiger partial charge in [-0.1, -0.05) is 30.3 Å². The molecule has 1 atom stereocenters. The van der Waals surface area contributed by atoms with Crippen molar-refractivity contribution in [2.45, 2.75) is 12.6 Å². The Morgan fingerprint density at radius 1 is 1.47 bits per heavy atom. The molecule has 0 saturated heterocycles. The highest BCUT2D eigenvalue weighted by molar-refractivity contribution is 7.99. The first-order valence-corrected chi connectivity index (χ1v) is 7.15. The number of fused-ring (bicyclic) bond motifs is 1. The first kappa shape index (κ1) is 12.7. The van der Waals surface area contributed by atoms with Gasteiger partial charge in [0.15, 0.2) is 0 Å². The van der Waals surface area contributed by atoms with Crippen LogP contribution in [0.1, 0.15) is 17.2 Å². The third-order valence-corrected chi connectivity index (χ3v) is 3.81. The van der Waals surface area contributed by atoms with Crippen molar-refractivity contribution < 1.29 is 4.74 Å². The molecule has 0 aliphatic carbocycles. The fraction of sp³-hybridized carbons (Fsp3) is 0.429. The zero-order valence-corrected chi connectivity index (χ0v) is 10.8. The lowest BCUT2D eigenvalue weighted by Crippen LogP contribution is -2.31. The van der Waals surface area contributed by atoms with Crippen LogP contribution in [-0.4, -0.2) is 24.7 Å². The van der Waals surface area contributed by atoms with Crippen LogP contribution in [-0.2, 0) is 11.3 Å². The lowest BCUT2D eigenvalue weighted by Gasteiger charge is -2.26. The third-order valence-electron chi connectivity index (χ3n) is 2.85. The van der Waals surface area contributed by atoms with Crippen molar-refractivity contribution in [3.63, 3.8) is 0 Å². The van der Waals surface area contributed by atoms with Crippen LogP contribution in [0.2, 0.25) is 0 Å². The Morgan fingerprint density at radius 3 is 3.24 bits per heavy atom. The van der Waals surface area contributed by atoms with E-state index in [1.165, 1.54) is 11.1 Å². The predicted octanol–water partition coefficient (Wildman–Crippen LogP) is 2.77. The van der Waals surface area contributed by atoms with Crippen LogP contribution in [0.5, 0.6) is 0 Å². The van der Waals surface area contributed by atoms with E-state index in [0.29, 0.717) is 6.04 Å². The highest BCUT2D eigenvalue weighted by Gasteiger charge is 2.19. The molecule has 0 amide bonds. The number of hydrogen-bond donors (Lipinski definition) is 1. The molecule has 0 saturated carbocycles. The number of rotatable bonds is 6. The second kappa shape index (κ2) is 6.84. The number of thioether (sulfide) groups is 1. The molecular weight excluding hydrogens is 230 g/mol. The molecule has 2 nitrogen and oxygen atoms in total. The van der Waals surface area contributed by atoms with Crippen molar-refractivity contribution in [1.29, 1.82) is 0 Å². The van der Waals surface area contributed by atoms with E-state index in [2.05, 4.69) is 36.2 Å². The lowest BCUT2D eigenvalue weighted by atomic mass is 9.99. The average molecular weight is 249 g/mol. The fourth-order valence-electron chi connectivity index (χ4n) is 2.02. The first-order chi connectivity index (χ1) is 8.42. The van der Waals surface area contributed by atoms with Crippen molar-refractivity contribution in [3.05, 3.63) is 48.0 Å². The van der Waals surface area contributed by atoms with E-state index < -0.39 is 0 Å². The minimum atomic E-state index is 0.351. The van der Waals surface area contributed by atoms with E-state index in [1.54, 1.807) is 0 Å². The summed E-state index contributed by atoms with van der Waals surface area (Å²) in [7, 11) is 0. The summed E-state index contributed by atoms with van der Waals surface area (Å²) < 4.78 is 5.60. The summed E-state index contributed by atoms with van der Waals surface area (Å²) in [6, 6.07) is 8.88. The number of ether oxygens (including phenoxy) is 1. The Morgan fingerprint density at radius 2 is 2.35 bits per heavy atom. The molecule has 92 valence electrons. The fourth-order valence-corrected chi connectivity index (χ4v) is 2.62. The summed E-state index contributed by atoms with van der Waals surface area (Å²) in [4.78, 5) is 0. The van der Waals surface area contributed by atoms with Gasteiger partial charge in [0.25, 0.3) is 0 Å². The zero-order valence-electron chi connectivity index (χ0n) is 10.0. The molecule has 1 heterocycles.